The average Bonchev–Trinajstić information content (AvgIpc) is 3.42. The Hall–Kier alpha value is -3.53. The molecule has 0 aromatic heterocycles. The molecule has 9 heteroatoms. The van der Waals surface area contributed by atoms with Crippen LogP contribution in [0.25, 0.3) is 0 Å². The largest absolute Gasteiger partial charge is 0.545 e. The second-order valence-corrected chi connectivity index (χ2v) is 23.0. The van der Waals surface area contributed by atoms with E-state index in [2.05, 4.69) is 98.9 Å². The van der Waals surface area contributed by atoms with Crippen LogP contribution in [0, 0.1) is 0 Å². The number of allylic oxidation sites excluding steroid dienone is 14. The van der Waals surface area contributed by atoms with Crippen LogP contribution in [0.1, 0.15) is 284 Å². The lowest BCUT2D eigenvalue weighted by Crippen LogP contribution is -2.44. The molecular formula is C70H123NO8. The summed E-state index contributed by atoms with van der Waals surface area (Å²) in [6.45, 7) is 4.63. The van der Waals surface area contributed by atoms with Gasteiger partial charge in [0.1, 0.15) is 13.2 Å². The monoisotopic (exact) mass is 1110 g/mol. The number of rotatable bonds is 60. The lowest BCUT2D eigenvalue weighted by atomic mass is 10.0. The molecule has 0 N–H and O–H groups in total. The van der Waals surface area contributed by atoms with E-state index in [4.69, 9.17) is 18.9 Å². The molecule has 0 saturated heterocycles. The molecule has 0 spiro atoms. The van der Waals surface area contributed by atoms with Crippen LogP contribution in [0.5, 0.6) is 0 Å². The minimum Gasteiger partial charge on any atom is -0.545 e. The zero-order valence-electron chi connectivity index (χ0n) is 52.0. The molecule has 0 amide bonds. The highest BCUT2D eigenvalue weighted by Gasteiger charge is 2.22. The van der Waals surface area contributed by atoms with Gasteiger partial charge in [0.05, 0.1) is 40.3 Å². The number of likely N-dealkylation sites (N-methyl/N-ethyl adjacent to an activating group) is 1. The molecule has 0 rings (SSSR count). The number of hydrogen-bond donors (Lipinski definition) is 0. The third-order valence-electron chi connectivity index (χ3n) is 14.1. The fraction of sp³-hybridized carbons (Fsp3) is 0.757. The van der Waals surface area contributed by atoms with Gasteiger partial charge in [0.25, 0.3) is 0 Å². The molecule has 0 saturated carbocycles. The first kappa shape index (κ1) is 75.5. The van der Waals surface area contributed by atoms with E-state index in [0.717, 1.165) is 83.5 Å². The minimum atomic E-state index is -1.63. The van der Waals surface area contributed by atoms with Crippen molar-refractivity contribution < 1.29 is 42.9 Å². The highest BCUT2D eigenvalue weighted by molar-refractivity contribution is 5.70. The van der Waals surface area contributed by atoms with E-state index < -0.39 is 24.3 Å². The summed E-state index contributed by atoms with van der Waals surface area (Å²) in [5, 5.41) is 11.8. The summed E-state index contributed by atoms with van der Waals surface area (Å²) in [6.07, 6.45) is 77.9. The number of ether oxygens (including phenoxy) is 4. The molecule has 0 heterocycles. The number of esters is 2. The second kappa shape index (κ2) is 60.6. The van der Waals surface area contributed by atoms with Gasteiger partial charge in [-0.3, -0.25) is 9.59 Å². The van der Waals surface area contributed by atoms with Gasteiger partial charge in [0.2, 0.25) is 0 Å². The number of nitrogens with zero attached hydrogens (tertiary/aromatic N) is 1. The molecule has 79 heavy (non-hydrogen) atoms. The maximum absolute atomic E-state index is 12.9. The molecule has 9 nitrogen and oxygen atoms in total. The van der Waals surface area contributed by atoms with Gasteiger partial charge in [0.15, 0.2) is 12.4 Å². The molecule has 0 radical (unpaired) electrons. The second-order valence-electron chi connectivity index (χ2n) is 23.0. The summed E-state index contributed by atoms with van der Waals surface area (Å²) in [5.41, 5.74) is 0. The average molecular weight is 1110 g/mol. The first-order valence-corrected chi connectivity index (χ1v) is 32.7. The number of quaternary nitrogens is 1. The Morgan fingerprint density at radius 2 is 0.722 bits per heavy atom. The van der Waals surface area contributed by atoms with Gasteiger partial charge in [-0.15, -0.1) is 0 Å². The molecule has 2 unspecified atom stereocenters. The number of carboxylic acids is 1. The van der Waals surface area contributed by atoms with Crippen molar-refractivity contribution in [1.82, 2.24) is 0 Å². The molecule has 0 bridgehead atoms. The van der Waals surface area contributed by atoms with Crippen molar-refractivity contribution in [3.05, 3.63) is 85.1 Å². The van der Waals surface area contributed by atoms with E-state index in [1.807, 2.05) is 21.1 Å². The fourth-order valence-electron chi connectivity index (χ4n) is 9.12. The van der Waals surface area contributed by atoms with E-state index >= 15 is 0 Å². The SMILES string of the molecule is CC/C=C\C/C=C\C/C=C\C/C=C\C/C=C\CCCCCCCCCC(=O)OC(COC(=O)CCCCCCCCCCCCCCCCCCCCC/C=C\C/C=C\CCCCCCC)COC(OCC[N+](C)(C)C)C(=O)[O-]. The van der Waals surface area contributed by atoms with Crippen LogP contribution in [-0.2, 0) is 33.3 Å². The number of aliphatic carboxylic acids is 1. The van der Waals surface area contributed by atoms with Gasteiger partial charge in [-0.2, -0.15) is 0 Å². The van der Waals surface area contributed by atoms with Gasteiger partial charge in [-0.05, 0) is 89.9 Å². The van der Waals surface area contributed by atoms with Crippen molar-refractivity contribution in [2.45, 2.75) is 296 Å². The van der Waals surface area contributed by atoms with Crippen LogP contribution in [-0.4, -0.2) is 82.3 Å². The number of carbonyl (C=O) groups excluding carboxylic acids is 3. The predicted molar refractivity (Wildman–Crippen MR) is 334 cm³/mol. The summed E-state index contributed by atoms with van der Waals surface area (Å²) < 4.78 is 22.8. The van der Waals surface area contributed by atoms with Gasteiger partial charge in [-0.1, -0.05) is 266 Å². The van der Waals surface area contributed by atoms with Crippen LogP contribution >= 0.6 is 0 Å². The summed E-state index contributed by atoms with van der Waals surface area (Å²) in [4.78, 5) is 37.4. The maximum atomic E-state index is 12.9. The molecule has 0 aromatic carbocycles. The number of carbonyl (C=O) groups is 3. The Morgan fingerprint density at radius 1 is 0.392 bits per heavy atom. The lowest BCUT2D eigenvalue weighted by Gasteiger charge is -2.26. The van der Waals surface area contributed by atoms with Crippen LogP contribution in [0.4, 0.5) is 0 Å². The molecule has 0 aromatic rings. The summed E-state index contributed by atoms with van der Waals surface area (Å²) in [6, 6.07) is 0. The standard InChI is InChI=1S/C70H123NO8/c1-6-8-10-12-14-16-18-20-22-24-26-28-30-31-32-33-34-35-36-37-39-40-42-44-46-48-50-52-54-56-58-60-67(72)77-64-66(65-78-70(69(74)75)76-63-62-71(3,4)5)79-68(73)61-59-57-55-53-51-49-47-45-43-41-38-29-27-25-23-21-19-17-15-13-11-9-7-2/h9,11,15,17-18,20-21,23-24,26-27,29,41,43,66,70H,6-8,10,12-14,16,19,22,25,28,30-40,42,44-65H2,1-5H3/b11-9-,17-15-,20-18-,23-21-,26-24-,29-27-,43-41-. The van der Waals surface area contributed by atoms with Crippen LogP contribution in [0.2, 0.25) is 0 Å². The minimum absolute atomic E-state index is 0.143. The Bertz CT molecular complexity index is 1570. The predicted octanol–water partition coefficient (Wildman–Crippen LogP) is 18.6. The van der Waals surface area contributed by atoms with Gasteiger partial charge < -0.3 is 33.3 Å². The topological polar surface area (TPSA) is 111 Å². The molecule has 0 fully saturated rings. The van der Waals surface area contributed by atoms with Crippen molar-refractivity contribution in [3.8, 4) is 0 Å². The van der Waals surface area contributed by atoms with Gasteiger partial charge in [0, 0.05) is 12.8 Å². The number of unbranched alkanes of at least 4 members (excludes halogenated alkanes) is 31. The molecule has 2 atom stereocenters. The van der Waals surface area contributed by atoms with Crippen molar-refractivity contribution in [3.63, 3.8) is 0 Å². The third kappa shape index (κ3) is 61.9. The van der Waals surface area contributed by atoms with E-state index in [-0.39, 0.29) is 38.6 Å². The zero-order valence-corrected chi connectivity index (χ0v) is 52.0. The van der Waals surface area contributed by atoms with Gasteiger partial charge >= 0.3 is 11.9 Å². The van der Waals surface area contributed by atoms with E-state index in [9.17, 15) is 19.5 Å². The Morgan fingerprint density at radius 3 is 1.08 bits per heavy atom. The molecule has 0 aliphatic rings. The Labute approximate surface area is 487 Å². The maximum Gasteiger partial charge on any atom is 0.306 e. The Kier molecular flexibility index (Phi) is 57.9. The van der Waals surface area contributed by atoms with Crippen molar-refractivity contribution in [2.24, 2.45) is 0 Å². The Balaban J connectivity index is 4.14. The molecule has 0 aliphatic heterocycles. The zero-order chi connectivity index (χ0) is 57.6. The van der Waals surface area contributed by atoms with Crippen molar-refractivity contribution >= 4 is 17.9 Å². The summed E-state index contributed by atoms with van der Waals surface area (Å²) >= 11 is 0. The van der Waals surface area contributed by atoms with Crippen molar-refractivity contribution in [2.75, 3.05) is 47.5 Å². The fourth-order valence-corrected chi connectivity index (χ4v) is 9.12. The highest BCUT2D eigenvalue weighted by Crippen LogP contribution is 2.17. The van der Waals surface area contributed by atoms with E-state index in [1.165, 1.54) is 167 Å². The van der Waals surface area contributed by atoms with Crippen LogP contribution < -0.4 is 5.11 Å². The van der Waals surface area contributed by atoms with E-state index in [0.29, 0.717) is 17.4 Å². The first-order valence-electron chi connectivity index (χ1n) is 32.7. The highest BCUT2D eigenvalue weighted by atomic mass is 16.7. The third-order valence-corrected chi connectivity index (χ3v) is 14.1. The molecule has 456 valence electrons. The lowest BCUT2D eigenvalue weighted by molar-refractivity contribution is -0.870. The smallest absolute Gasteiger partial charge is 0.306 e. The molecule has 0 aliphatic carbocycles. The van der Waals surface area contributed by atoms with E-state index in [1.54, 1.807) is 0 Å². The van der Waals surface area contributed by atoms with Crippen LogP contribution in [0.15, 0.2) is 85.1 Å². The summed E-state index contributed by atoms with van der Waals surface area (Å²) in [5.74, 6) is -2.29. The number of hydrogen-bond acceptors (Lipinski definition) is 8. The normalized spacial score (nSPS) is 13.3. The van der Waals surface area contributed by atoms with Crippen molar-refractivity contribution in [1.29, 1.82) is 0 Å². The first-order chi connectivity index (χ1) is 38.6. The van der Waals surface area contributed by atoms with Crippen LogP contribution in [0.3, 0.4) is 0 Å². The summed E-state index contributed by atoms with van der Waals surface area (Å²) in [7, 11) is 5.92. The quantitative estimate of drug-likeness (QED) is 0.0195. The number of carboxylic acid groups (broad SMARTS) is 1. The van der Waals surface area contributed by atoms with Gasteiger partial charge in [-0.25, -0.2) is 0 Å². The molecular weight excluding hydrogens is 983 g/mol.